The van der Waals surface area contributed by atoms with Gasteiger partial charge in [-0.2, -0.15) is 5.10 Å². The fraction of sp³-hybridized carbons (Fsp3) is 0.250. The van der Waals surface area contributed by atoms with Crippen LogP contribution >= 0.6 is 11.3 Å². The van der Waals surface area contributed by atoms with E-state index in [4.69, 9.17) is 0 Å². The fourth-order valence-electron chi connectivity index (χ4n) is 1.04. The second-order valence-electron chi connectivity index (χ2n) is 2.65. The summed E-state index contributed by atoms with van der Waals surface area (Å²) in [5.41, 5.74) is 1.14. The molecule has 12 heavy (non-hydrogen) atoms. The van der Waals surface area contributed by atoms with Crippen LogP contribution in [0.3, 0.4) is 0 Å². The first-order valence-corrected chi connectivity index (χ1v) is 4.49. The van der Waals surface area contributed by atoms with Crippen LogP contribution in [0.25, 0.3) is 10.4 Å². The Morgan fingerprint density at radius 3 is 2.75 bits per heavy atom. The molecule has 0 aliphatic carbocycles. The lowest BCUT2D eigenvalue weighted by molar-refractivity contribution is 0.768. The number of nitrogens with zero attached hydrogens (tertiary/aromatic N) is 3. The maximum atomic E-state index is 4.18. The summed E-state index contributed by atoms with van der Waals surface area (Å²) in [7, 11) is 1.91. The van der Waals surface area contributed by atoms with E-state index in [1.54, 1.807) is 16.0 Å². The highest BCUT2D eigenvalue weighted by atomic mass is 32.1. The van der Waals surface area contributed by atoms with Crippen LogP contribution in [0.2, 0.25) is 0 Å². The standard InChI is InChI=1S/C8H9N3S/c1-6-9-4-8(12-6)7-3-10-11(2)5-7/h3-5H,1-2H3. The molecule has 0 radical (unpaired) electrons. The van der Waals surface area contributed by atoms with Gasteiger partial charge in [0.05, 0.1) is 16.1 Å². The van der Waals surface area contributed by atoms with Gasteiger partial charge in [-0.15, -0.1) is 11.3 Å². The van der Waals surface area contributed by atoms with Gasteiger partial charge in [-0.1, -0.05) is 0 Å². The number of rotatable bonds is 1. The van der Waals surface area contributed by atoms with Crippen molar-refractivity contribution in [2.24, 2.45) is 7.05 Å². The summed E-state index contributed by atoms with van der Waals surface area (Å²) in [6, 6.07) is 0. The van der Waals surface area contributed by atoms with Crippen molar-refractivity contribution in [3.8, 4) is 10.4 Å². The predicted molar refractivity (Wildman–Crippen MR) is 49.1 cm³/mol. The Kier molecular flexibility index (Phi) is 1.69. The van der Waals surface area contributed by atoms with Crippen molar-refractivity contribution in [2.45, 2.75) is 6.92 Å². The van der Waals surface area contributed by atoms with E-state index in [0.717, 1.165) is 10.6 Å². The van der Waals surface area contributed by atoms with Crippen molar-refractivity contribution in [1.82, 2.24) is 14.8 Å². The zero-order valence-corrected chi connectivity index (χ0v) is 7.80. The lowest BCUT2D eigenvalue weighted by atomic mass is 10.3. The molecule has 0 N–H and O–H groups in total. The molecule has 0 spiro atoms. The second kappa shape index (κ2) is 2.71. The number of aryl methyl sites for hydroxylation is 2. The Labute approximate surface area is 74.7 Å². The number of aromatic nitrogens is 3. The average molecular weight is 179 g/mol. The summed E-state index contributed by atoms with van der Waals surface area (Å²) in [5, 5.41) is 5.19. The van der Waals surface area contributed by atoms with E-state index in [0.29, 0.717) is 0 Å². The van der Waals surface area contributed by atoms with E-state index in [-0.39, 0.29) is 0 Å². The summed E-state index contributed by atoms with van der Waals surface area (Å²) in [6.07, 6.45) is 5.73. The molecule has 2 rings (SSSR count). The van der Waals surface area contributed by atoms with Crippen LogP contribution in [0.1, 0.15) is 5.01 Å². The van der Waals surface area contributed by atoms with Crippen molar-refractivity contribution in [2.75, 3.05) is 0 Å². The predicted octanol–water partition coefficient (Wildman–Crippen LogP) is 1.85. The van der Waals surface area contributed by atoms with Crippen molar-refractivity contribution in [3.05, 3.63) is 23.6 Å². The van der Waals surface area contributed by atoms with Gasteiger partial charge in [0.1, 0.15) is 0 Å². The van der Waals surface area contributed by atoms with Gasteiger partial charge < -0.3 is 0 Å². The summed E-state index contributed by atoms with van der Waals surface area (Å²) < 4.78 is 1.80. The average Bonchev–Trinajstić information content (AvgIpc) is 2.58. The third kappa shape index (κ3) is 1.25. The van der Waals surface area contributed by atoms with E-state index < -0.39 is 0 Å². The quantitative estimate of drug-likeness (QED) is 0.669. The molecule has 2 aromatic heterocycles. The van der Waals surface area contributed by atoms with E-state index in [9.17, 15) is 0 Å². The van der Waals surface area contributed by atoms with Gasteiger partial charge in [0.25, 0.3) is 0 Å². The second-order valence-corrected chi connectivity index (χ2v) is 3.88. The maximum absolute atomic E-state index is 4.18. The molecule has 0 bridgehead atoms. The van der Waals surface area contributed by atoms with E-state index in [1.807, 2.05) is 32.6 Å². The summed E-state index contributed by atoms with van der Waals surface area (Å²) >= 11 is 1.69. The smallest absolute Gasteiger partial charge is 0.0900 e. The van der Waals surface area contributed by atoms with Crippen molar-refractivity contribution in [3.63, 3.8) is 0 Å². The minimum absolute atomic E-state index is 1.09. The molecular formula is C8H9N3S. The van der Waals surface area contributed by atoms with Crippen LogP contribution in [0.15, 0.2) is 18.6 Å². The highest BCUT2D eigenvalue weighted by molar-refractivity contribution is 7.15. The molecule has 0 atom stereocenters. The molecule has 4 heteroatoms. The molecule has 3 nitrogen and oxygen atoms in total. The summed E-state index contributed by atoms with van der Waals surface area (Å²) in [6.45, 7) is 2.00. The van der Waals surface area contributed by atoms with Gasteiger partial charge in [-0.05, 0) is 6.92 Å². The third-order valence-corrected chi connectivity index (χ3v) is 2.57. The van der Waals surface area contributed by atoms with Gasteiger partial charge in [-0.3, -0.25) is 4.68 Å². The minimum atomic E-state index is 1.09. The molecule has 2 heterocycles. The van der Waals surface area contributed by atoms with Crippen molar-refractivity contribution >= 4 is 11.3 Å². The van der Waals surface area contributed by atoms with Gasteiger partial charge >= 0.3 is 0 Å². The molecule has 62 valence electrons. The molecule has 0 aliphatic heterocycles. The molecule has 0 fully saturated rings. The van der Waals surface area contributed by atoms with E-state index in [2.05, 4.69) is 10.1 Å². The number of thiazole rings is 1. The normalized spacial score (nSPS) is 10.5. The van der Waals surface area contributed by atoms with Gasteiger partial charge in [0.2, 0.25) is 0 Å². The molecule has 0 saturated heterocycles. The largest absolute Gasteiger partial charge is 0.275 e. The SMILES string of the molecule is Cc1ncc(-c2cnn(C)c2)s1. The Bertz CT molecular complexity index is 350. The van der Waals surface area contributed by atoms with Crippen LogP contribution < -0.4 is 0 Å². The van der Waals surface area contributed by atoms with Crippen molar-refractivity contribution < 1.29 is 0 Å². The van der Waals surface area contributed by atoms with Crippen LogP contribution in [0, 0.1) is 6.92 Å². The summed E-state index contributed by atoms with van der Waals surface area (Å²) in [5.74, 6) is 0. The third-order valence-electron chi connectivity index (χ3n) is 1.61. The number of hydrogen-bond donors (Lipinski definition) is 0. The first-order valence-electron chi connectivity index (χ1n) is 3.67. The highest BCUT2D eigenvalue weighted by Crippen LogP contribution is 2.24. The zero-order valence-electron chi connectivity index (χ0n) is 6.98. The first-order chi connectivity index (χ1) is 5.75. The first kappa shape index (κ1) is 7.49. The highest BCUT2D eigenvalue weighted by Gasteiger charge is 2.02. The minimum Gasteiger partial charge on any atom is -0.275 e. The topological polar surface area (TPSA) is 30.7 Å². The number of hydrogen-bond acceptors (Lipinski definition) is 3. The molecular weight excluding hydrogens is 170 g/mol. The molecule has 0 unspecified atom stereocenters. The Morgan fingerprint density at radius 1 is 1.42 bits per heavy atom. The Balaban J connectivity index is 2.43. The monoisotopic (exact) mass is 179 g/mol. The fourth-order valence-corrected chi connectivity index (χ4v) is 1.80. The van der Waals surface area contributed by atoms with Gasteiger partial charge in [0.15, 0.2) is 0 Å². The zero-order chi connectivity index (χ0) is 8.55. The van der Waals surface area contributed by atoms with Crippen LogP contribution in [-0.2, 0) is 7.05 Å². The maximum Gasteiger partial charge on any atom is 0.0900 e. The molecule has 0 saturated carbocycles. The molecule has 2 aromatic rings. The van der Waals surface area contributed by atoms with Crippen LogP contribution in [-0.4, -0.2) is 14.8 Å². The summed E-state index contributed by atoms with van der Waals surface area (Å²) in [4.78, 5) is 5.36. The Morgan fingerprint density at radius 2 is 2.25 bits per heavy atom. The van der Waals surface area contributed by atoms with E-state index in [1.165, 1.54) is 4.88 Å². The molecule has 0 amide bonds. The molecule has 0 aliphatic rings. The lowest BCUT2D eigenvalue weighted by Gasteiger charge is -1.85. The Hall–Kier alpha value is -1.16. The van der Waals surface area contributed by atoms with Gasteiger partial charge in [0, 0.05) is 25.0 Å². The van der Waals surface area contributed by atoms with Gasteiger partial charge in [-0.25, -0.2) is 4.98 Å². The molecule has 0 aromatic carbocycles. The van der Waals surface area contributed by atoms with Crippen molar-refractivity contribution in [1.29, 1.82) is 0 Å². The van der Waals surface area contributed by atoms with E-state index >= 15 is 0 Å². The van der Waals surface area contributed by atoms with Crippen LogP contribution in [0.4, 0.5) is 0 Å². The lowest BCUT2D eigenvalue weighted by Crippen LogP contribution is -1.83. The van der Waals surface area contributed by atoms with Crippen LogP contribution in [0.5, 0.6) is 0 Å².